The summed E-state index contributed by atoms with van der Waals surface area (Å²) in [5.74, 6) is -0.0900. The largest absolute Gasteiger partial charge is 0.333 e. The Hall–Kier alpha value is -1.20. The second kappa shape index (κ2) is 5.63. The molecule has 1 aliphatic heterocycles. The molecule has 1 saturated heterocycles. The number of hydrogen-bond acceptors (Lipinski definition) is 4. The summed E-state index contributed by atoms with van der Waals surface area (Å²) in [6.45, 7) is 4.69. The lowest BCUT2D eigenvalue weighted by atomic mass is 10.2. The standard InChI is InChI=1S/C12H17ClN4O/c1-9-8-16(2)4-3-5-17(9)12(18)10-6-14-7-11(13)15-10/h6-7,9H,3-5,8H2,1-2H3. The van der Waals surface area contributed by atoms with Crippen LogP contribution in [0.4, 0.5) is 0 Å². The Morgan fingerprint density at radius 1 is 1.44 bits per heavy atom. The van der Waals surface area contributed by atoms with Crippen LogP contribution in [0.25, 0.3) is 0 Å². The number of likely N-dealkylation sites (N-methyl/N-ethyl adjacent to an activating group) is 1. The monoisotopic (exact) mass is 268 g/mol. The number of aromatic nitrogens is 2. The van der Waals surface area contributed by atoms with Crippen LogP contribution in [0.15, 0.2) is 12.4 Å². The number of halogens is 1. The lowest BCUT2D eigenvalue weighted by molar-refractivity contribution is 0.0690. The zero-order chi connectivity index (χ0) is 13.1. The second-order valence-corrected chi connectivity index (χ2v) is 5.08. The molecule has 2 rings (SSSR count). The molecular formula is C12H17ClN4O. The molecule has 0 N–H and O–H groups in total. The molecule has 1 aromatic rings. The van der Waals surface area contributed by atoms with Crippen molar-refractivity contribution in [3.8, 4) is 0 Å². The zero-order valence-electron chi connectivity index (χ0n) is 10.6. The summed E-state index contributed by atoms with van der Waals surface area (Å²) in [5.41, 5.74) is 0.318. The Balaban J connectivity index is 2.17. The van der Waals surface area contributed by atoms with E-state index >= 15 is 0 Å². The predicted octanol–water partition coefficient (Wildman–Crippen LogP) is 1.30. The number of amides is 1. The molecule has 5 nitrogen and oxygen atoms in total. The summed E-state index contributed by atoms with van der Waals surface area (Å²) in [6, 6.07) is 0.172. The maximum Gasteiger partial charge on any atom is 0.274 e. The van der Waals surface area contributed by atoms with Gasteiger partial charge in [0, 0.05) is 19.1 Å². The Morgan fingerprint density at radius 3 is 2.94 bits per heavy atom. The van der Waals surface area contributed by atoms with Crippen LogP contribution in [-0.2, 0) is 0 Å². The molecule has 18 heavy (non-hydrogen) atoms. The average Bonchev–Trinajstić information content (AvgIpc) is 2.49. The van der Waals surface area contributed by atoms with Crippen molar-refractivity contribution in [1.29, 1.82) is 0 Å². The first-order valence-electron chi connectivity index (χ1n) is 6.05. The normalized spacial score (nSPS) is 21.7. The van der Waals surface area contributed by atoms with Crippen molar-refractivity contribution < 1.29 is 4.79 Å². The summed E-state index contributed by atoms with van der Waals surface area (Å²) in [4.78, 5) is 24.4. The van der Waals surface area contributed by atoms with Crippen molar-refractivity contribution in [2.45, 2.75) is 19.4 Å². The highest BCUT2D eigenvalue weighted by Crippen LogP contribution is 2.13. The van der Waals surface area contributed by atoms with Gasteiger partial charge in [-0.15, -0.1) is 0 Å². The van der Waals surface area contributed by atoms with Crippen LogP contribution in [-0.4, -0.2) is 58.4 Å². The van der Waals surface area contributed by atoms with Crippen LogP contribution in [0.5, 0.6) is 0 Å². The van der Waals surface area contributed by atoms with E-state index in [4.69, 9.17) is 11.6 Å². The van der Waals surface area contributed by atoms with Gasteiger partial charge in [0.15, 0.2) is 0 Å². The number of nitrogens with zero attached hydrogens (tertiary/aromatic N) is 4. The molecule has 1 atom stereocenters. The lowest BCUT2D eigenvalue weighted by Gasteiger charge is -2.27. The lowest BCUT2D eigenvalue weighted by Crippen LogP contribution is -2.42. The van der Waals surface area contributed by atoms with E-state index in [9.17, 15) is 4.79 Å². The van der Waals surface area contributed by atoms with E-state index < -0.39 is 0 Å². The Morgan fingerprint density at radius 2 is 2.22 bits per heavy atom. The summed E-state index contributed by atoms with van der Waals surface area (Å²) in [5, 5.41) is 0.250. The van der Waals surface area contributed by atoms with Crippen LogP contribution >= 0.6 is 11.6 Å². The van der Waals surface area contributed by atoms with Gasteiger partial charge in [0.05, 0.1) is 12.4 Å². The van der Waals surface area contributed by atoms with Gasteiger partial charge in [-0.2, -0.15) is 0 Å². The highest BCUT2D eigenvalue weighted by atomic mass is 35.5. The van der Waals surface area contributed by atoms with Crippen LogP contribution in [0.3, 0.4) is 0 Å². The van der Waals surface area contributed by atoms with Crippen LogP contribution in [0, 0.1) is 0 Å². The molecule has 1 aromatic heterocycles. The highest BCUT2D eigenvalue weighted by Gasteiger charge is 2.25. The van der Waals surface area contributed by atoms with Gasteiger partial charge in [-0.25, -0.2) is 4.98 Å². The van der Waals surface area contributed by atoms with E-state index in [2.05, 4.69) is 28.8 Å². The fourth-order valence-corrected chi connectivity index (χ4v) is 2.41. The number of hydrogen-bond donors (Lipinski definition) is 0. The molecule has 0 bridgehead atoms. The molecule has 0 spiro atoms. The molecule has 0 radical (unpaired) electrons. The number of carbonyl (C=O) groups excluding carboxylic acids is 1. The zero-order valence-corrected chi connectivity index (χ0v) is 11.4. The van der Waals surface area contributed by atoms with Crippen molar-refractivity contribution in [3.63, 3.8) is 0 Å². The van der Waals surface area contributed by atoms with Crippen molar-refractivity contribution >= 4 is 17.5 Å². The van der Waals surface area contributed by atoms with Gasteiger partial charge in [-0.3, -0.25) is 9.78 Å². The van der Waals surface area contributed by atoms with Crippen molar-refractivity contribution in [3.05, 3.63) is 23.2 Å². The van der Waals surface area contributed by atoms with E-state index in [1.54, 1.807) is 0 Å². The Kier molecular flexibility index (Phi) is 4.14. The molecular weight excluding hydrogens is 252 g/mol. The van der Waals surface area contributed by atoms with Gasteiger partial charge < -0.3 is 9.80 Å². The van der Waals surface area contributed by atoms with Gasteiger partial charge in [0.2, 0.25) is 0 Å². The third-order valence-electron chi connectivity index (χ3n) is 3.13. The maximum absolute atomic E-state index is 12.4. The summed E-state index contributed by atoms with van der Waals surface area (Å²) in [6.07, 6.45) is 3.87. The first-order valence-corrected chi connectivity index (χ1v) is 6.43. The van der Waals surface area contributed by atoms with E-state index in [1.165, 1.54) is 12.4 Å². The molecule has 0 aliphatic carbocycles. The van der Waals surface area contributed by atoms with Crippen molar-refractivity contribution in [2.75, 3.05) is 26.7 Å². The highest BCUT2D eigenvalue weighted by molar-refractivity contribution is 6.29. The molecule has 0 aromatic carbocycles. The van der Waals surface area contributed by atoms with Gasteiger partial charge in [0.25, 0.3) is 5.91 Å². The van der Waals surface area contributed by atoms with Crippen molar-refractivity contribution in [1.82, 2.24) is 19.8 Å². The molecule has 1 fully saturated rings. The molecule has 2 heterocycles. The first kappa shape index (κ1) is 13.2. The first-order chi connectivity index (χ1) is 8.58. The molecule has 98 valence electrons. The van der Waals surface area contributed by atoms with Gasteiger partial charge in [-0.1, -0.05) is 11.6 Å². The molecule has 1 aliphatic rings. The summed E-state index contributed by atoms with van der Waals surface area (Å²) in [7, 11) is 2.07. The Bertz CT molecular complexity index is 440. The molecule has 0 saturated carbocycles. The van der Waals surface area contributed by atoms with E-state index in [1.807, 2.05) is 4.90 Å². The second-order valence-electron chi connectivity index (χ2n) is 4.69. The molecule has 1 unspecified atom stereocenters. The van der Waals surface area contributed by atoms with Gasteiger partial charge >= 0.3 is 0 Å². The van der Waals surface area contributed by atoms with E-state index in [0.717, 1.165) is 26.1 Å². The van der Waals surface area contributed by atoms with E-state index in [0.29, 0.717) is 5.69 Å². The SMILES string of the molecule is CC1CN(C)CCCN1C(=O)c1cncc(Cl)n1. The minimum Gasteiger partial charge on any atom is -0.333 e. The summed E-state index contributed by atoms with van der Waals surface area (Å²) < 4.78 is 0. The fourth-order valence-electron chi connectivity index (χ4n) is 2.27. The predicted molar refractivity (Wildman–Crippen MR) is 69.7 cm³/mol. The van der Waals surface area contributed by atoms with Crippen LogP contribution in [0.2, 0.25) is 5.15 Å². The molecule has 1 amide bonds. The van der Waals surface area contributed by atoms with E-state index in [-0.39, 0.29) is 17.1 Å². The Labute approximate surface area is 112 Å². The number of carbonyl (C=O) groups is 1. The van der Waals surface area contributed by atoms with Crippen LogP contribution in [0.1, 0.15) is 23.8 Å². The van der Waals surface area contributed by atoms with Crippen LogP contribution < -0.4 is 0 Å². The topological polar surface area (TPSA) is 49.3 Å². The smallest absolute Gasteiger partial charge is 0.274 e. The van der Waals surface area contributed by atoms with Gasteiger partial charge in [-0.05, 0) is 26.9 Å². The summed E-state index contributed by atoms with van der Waals surface area (Å²) >= 11 is 5.77. The number of rotatable bonds is 1. The van der Waals surface area contributed by atoms with Crippen molar-refractivity contribution in [2.24, 2.45) is 0 Å². The maximum atomic E-state index is 12.4. The minimum atomic E-state index is -0.0900. The third kappa shape index (κ3) is 2.97. The third-order valence-corrected chi connectivity index (χ3v) is 3.31. The minimum absolute atomic E-state index is 0.0900. The molecule has 6 heteroatoms. The fraction of sp³-hybridized carbons (Fsp3) is 0.583. The quantitative estimate of drug-likeness (QED) is 0.770. The average molecular weight is 269 g/mol. The van der Waals surface area contributed by atoms with Gasteiger partial charge in [0.1, 0.15) is 10.8 Å².